The summed E-state index contributed by atoms with van der Waals surface area (Å²) in [5.74, 6) is -0.240. The highest BCUT2D eigenvalue weighted by atomic mass is 19.3. The van der Waals surface area contributed by atoms with E-state index in [-0.39, 0.29) is 18.9 Å². The van der Waals surface area contributed by atoms with Gasteiger partial charge in [-0.3, -0.25) is 4.79 Å². The Morgan fingerprint density at radius 2 is 2.26 bits per heavy atom. The normalized spacial score (nSPS) is 10.2. The van der Waals surface area contributed by atoms with Gasteiger partial charge in [-0.15, -0.1) is 0 Å². The molecule has 0 radical (unpaired) electrons. The minimum atomic E-state index is -2.48. The van der Waals surface area contributed by atoms with E-state index in [2.05, 4.69) is 10.1 Å². The highest BCUT2D eigenvalue weighted by molar-refractivity contribution is 5.90. The first kappa shape index (κ1) is 15.1. The number of nitrogens with one attached hydrogen (secondary N) is 1. The van der Waals surface area contributed by atoms with E-state index in [1.165, 1.54) is 0 Å². The van der Waals surface area contributed by atoms with Gasteiger partial charge in [0.15, 0.2) is 0 Å². The molecule has 1 amide bonds. The molecule has 0 aromatic heterocycles. The van der Waals surface area contributed by atoms with Gasteiger partial charge < -0.3 is 10.1 Å². The van der Waals surface area contributed by atoms with Gasteiger partial charge in [-0.1, -0.05) is 6.07 Å². The number of amides is 1. The number of nitriles is 1. The van der Waals surface area contributed by atoms with E-state index in [0.717, 1.165) is 0 Å². The van der Waals surface area contributed by atoms with Gasteiger partial charge in [0, 0.05) is 18.7 Å². The molecule has 0 aliphatic rings. The van der Waals surface area contributed by atoms with Crippen molar-refractivity contribution in [2.24, 2.45) is 0 Å². The Balaban J connectivity index is 2.25. The molecule has 0 fully saturated rings. The Morgan fingerprint density at radius 1 is 1.47 bits per heavy atom. The lowest BCUT2D eigenvalue weighted by Crippen LogP contribution is -2.13. The van der Waals surface area contributed by atoms with Gasteiger partial charge >= 0.3 is 0 Å². The van der Waals surface area contributed by atoms with Crippen LogP contribution < -0.4 is 5.32 Å². The van der Waals surface area contributed by atoms with Crippen molar-refractivity contribution in [2.75, 3.05) is 18.5 Å². The Morgan fingerprint density at radius 3 is 2.95 bits per heavy atom. The van der Waals surface area contributed by atoms with Crippen molar-refractivity contribution in [3.05, 3.63) is 29.8 Å². The van der Waals surface area contributed by atoms with Crippen molar-refractivity contribution < 1.29 is 18.3 Å². The van der Waals surface area contributed by atoms with Gasteiger partial charge in [0.1, 0.15) is 6.61 Å². The number of halogens is 2. The van der Waals surface area contributed by atoms with E-state index in [1.807, 2.05) is 6.07 Å². The van der Waals surface area contributed by atoms with Crippen molar-refractivity contribution in [1.29, 1.82) is 5.26 Å². The summed E-state index contributed by atoms with van der Waals surface area (Å²) in [4.78, 5) is 11.5. The fourth-order valence-corrected chi connectivity index (χ4v) is 1.40. The summed E-state index contributed by atoms with van der Waals surface area (Å²) in [5.41, 5.74) is 0.996. The summed E-state index contributed by atoms with van der Waals surface area (Å²) in [5, 5.41) is 11.3. The minimum absolute atomic E-state index is 0.121. The van der Waals surface area contributed by atoms with Crippen LogP contribution in [0, 0.1) is 11.3 Å². The van der Waals surface area contributed by atoms with Gasteiger partial charge in [0.25, 0.3) is 6.43 Å². The van der Waals surface area contributed by atoms with Gasteiger partial charge in [-0.2, -0.15) is 5.26 Å². The second kappa shape index (κ2) is 8.16. The lowest BCUT2D eigenvalue weighted by molar-refractivity contribution is -0.116. The molecule has 0 bridgehead atoms. The van der Waals surface area contributed by atoms with E-state index in [1.54, 1.807) is 24.3 Å². The standard InChI is InChI=1S/C13H14F2N2O2/c14-12(15)9-19-6-2-5-13(18)17-11-4-1-3-10(7-11)8-16/h1,3-4,7,12H,2,5-6,9H2,(H,17,18). The summed E-state index contributed by atoms with van der Waals surface area (Å²) < 4.78 is 28.2. The zero-order valence-electron chi connectivity index (χ0n) is 10.2. The Hall–Kier alpha value is -2.00. The van der Waals surface area contributed by atoms with Crippen LogP contribution in [-0.2, 0) is 9.53 Å². The molecule has 1 N–H and O–H groups in total. The first-order valence-corrected chi connectivity index (χ1v) is 5.77. The molecule has 0 saturated carbocycles. The second-order valence-electron chi connectivity index (χ2n) is 3.81. The summed E-state index contributed by atoms with van der Waals surface area (Å²) in [7, 11) is 0. The number of nitrogens with zero attached hydrogens (tertiary/aromatic N) is 1. The van der Waals surface area contributed by atoms with Crippen LogP contribution in [0.3, 0.4) is 0 Å². The summed E-state index contributed by atoms with van der Waals surface area (Å²) in [6.45, 7) is -0.484. The van der Waals surface area contributed by atoms with E-state index in [9.17, 15) is 13.6 Å². The number of anilines is 1. The quantitative estimate of drug-likeness (QED) is 0.773. The van der Waals surface area contributed by atoms with E-state index < -0.39 is 13.0 Å². The van der Waals surface area contributed by atoms with E-state index >= 15 is 0 Å². The van der Waals surface area contributed by atoms with Crippen LogP contribution in [-0.4, -0.2) is 25.5 Å². The maximum atomic E-state index is 11.7. The smallest absolute Gasteiger partial charge is 0.261 e. The van der Waals surface area contributed by atoms with Crippen molar-refractivity contribution in [3.8, 4) is 6.07 Å². The minimum Gasteiger partial charge on any atom is -0.376 e. The lowest BCUT2D eigenvalue weighted by atomic mass is 10.2. The van der Waals surface area contributed by atoms with Crippen LogP contribution in [0.5, 0.6) is 0 Å². The molecule has 0 aliphatic carbocycles. The summed E-state index contributed by atoms with van der Waals surface area (Å²) >= 11 is 0. The molecule has 6 heteroatoms. The SMILES string of the molecule is N#Cc1cccc(NC(=O)CCCOCC(F)F)c1. The van der Waals surface area contributed by atoms with Crippen LogP contribution in [0.2, 0.25) is 0 Å². The van der Waals surface area contributed by atoms with Crippen molar-refractivity contribution >= 4 is 11.6 Å². The van der Waals surface area contributed by atoms with Crippen LogP contribution in [0.4, 0.5) is 14.5 Å². The molecule has 0 unspecified atom stereocenters. The van der Waals surface area contributed by atoms with Gasteiger partial charge in [0.05, 0.1) is 11.6 Å². The number of carbonyl (C=O) groups excluding carboxylic acids is 1. The molecular weight excluding hydrogens is 254 g/mol. The third kappa shape index (κ3) is 6.48. The van der Waals surface area contributed by atoms with Gasteiger partial charge in [-0.05, 0) is 24.6 Å². The predicted octanol–water partition coefficient (Wildman–Crippen LogP) is 2.56. The first-order valence-electron chi connectivity index (χ1n) is 5.77. The molecular formula is C13H14F2N2O2. The van der Waals surface area contributed by atoms with Crippen LogP contribution >= 0.6 is 0 Å². The molecule has 0 aliphatic heterocycles. The maximum absolute atomic E-state index is 11.7. The van der Waals surface area contributed by atoms with Crippen molar-refractivity contribution in [2.45, 2.75) is 19.3 Å². The number of benzene rings is 1. The lowest BCUT2D eigenvalue weighted by Gasteiger charge is -2.06. The monoisotopic (exact) mass is 268 g/mol. The highest BCUT2D eigenvalue weighted by Gasteiger charge is 2.05. The van der Waals surface area contributed by atoms with Crippen molar-refractivity contribution in [1.82, 2.24) is 0 Å². The molecule has 0 spiro atoms. The predicted molar refractivity (Wildman–Crippen MR) is 65.8 cm³/mol. The second-order valence-corrected chi connectivity index (χ2v) is 3.81. The Bertz CT molecular complexity index is 458. The number of ether oxygens (including phenoxy) is 1. The molecule has 1 aromatic carbocycles. The highest BCUT2D eigenvalue weighted by Crippen LogP contribution is 2.10. The number of alkyl halides is 2. The number of hydrogen-bond acceptors (Lipinski definition) is 3. The molecule has 1 aromatic rings. The zero-order chi connectivity index (χ0) is 14.1. The third-order valence-electron chi connectivity index (χ3n) is 2.21. The van der Waals surface area contributed by atoms with Crippen LogP contribution in [0.25, 0.3) is 0 Å². The average Bonchev–Trinajstić information content (AvgIpc) is 2.38. The molecule has 4 nitrogen and oxygen atoms in total. The number of carbonyl (C=O) groups is 1. The maximum Gasteiger partial charge on any atom is 0.261 e. The Kier molecular flexibility index (Phi) is 6.47. The van der Waals surface area contributed by atoms with Crippen molar-refractivity contribution in [3.63, 3.8) is 0 Å². The number of hydrogen-bond donors (Lipinski definition) is 1. The third-order valence-corrected chi connectivity index (χ3v) is 2.21. The fourth-order valence-electron chi connectivity index (χ4n) is 1.40. The molecule has 0 saturated heterocycles. The molecule has 0 heterocycles. The Labute approximate surface area is 110 Å². The fraction of sp³-hybridized carbons (Fsp3) is 0.385. The molecule has 19 heavy (non-hydrogen) atoms. The molecule has 0 atom stereocenters. The summed E-state index contributed by atoms with van der Waals surface area (Å²) in [6, 6.07) is 8.50. The van der Waals surface area contributed by atoms with E-state index in [0.29, 0.717) is 17.7 Å². The largest absolute Gasteiger partial charge is 0.376 e. The van der Waals surface area contributed by atoms with E-state index in [4.69, 9.17) is 5.26 Å². The van der Waals surface area contributed by atoms with Crippen LogP contribution in [0.15, 0.2) is 24.3 Å². The molecule has 102 valence electrons. The van der Waals surface area contributed by atoms with Crippen LogP contribution in [0.1, 0.15) is 18.4 Å². The first-order chi connectivity index (χ1) is 9.11. The molecule has 1 rings (SSSR count). The zero-order valence-corrected chi connectivity index (χ0v) is 10.2. The number of rotatable bonds is 7. The summed E-state index contributed by atoms with van der Waals surface area (Å²) in [6.07, 6.45) is -1.93. The topological polar surface area (TPSA) is 62.1 Å². The van der Waals surface area contributed by atoms with Gasteiger partial charge in [-0.25, -0.2) is 8.78 Å². The van der Waals surface area contributed by atoms with Gasteiger partial charge in [0.2, 0.25) is 5.91 Å². The average molecular weight is 268 g/mol.